The molecule has 2 aliphatic carbocycles. The van der Waals surface area contributed by atoms with Crippen LogP contribution in [0, 0.1) is 29.6 Å². The second-order valence-corrected chi connectivity index (χ2v) is 14.2. The number of unbranched alkanes of at least 4 members (excludes halogenated alkanes) is 10. The Hall–Kier alpha value is -1.62. The van der Waals surface area contributed by atoms with Gasteiger partial charge in [0.15, 0.2) is 0 Å². The van der Waals surface area contributed by atoms with E-state index in [1.54, 1.807) is 0 Å². The van der Waals surface area contributed by atoms with Crippen molar-refractivity contribution in [3.8, 4) is 0 Å². The number of allylic oxidation sites excluding steroid dienone is 4. The zero-order valence-electron chi connectivity index (χ0n) is 29.4. The van der Waals surface area contributed by atoms with Gasteiger partial charge in [0, 0.05) is 6.42 Å². The molecule has 2 rings (SSSR count). The Morgan fingerprint density at radius 1 is 0.667 bits per heavy atom. The highest BCUT2D eigenvalue weighted by Gasteiger charge is 2.33. The van der Waals surface area contributed by atoms with E-state index in [2.05, 4.69) is 38.2 Å². The maximum Gasteiger partial charge on any atom is 0.308 e. The Morgan fingerprint density at radius 3 is 1.87 bits per heavy atom. The summed E-state index contributed by atoms with van der Waals surface area (Å²) in [7, 11) is 0. The first-order valence-corrected chi connectivity index (χ1v) is 19.3. The fraction of sp³-hybridized carbons (Fsp3) is 0.850. The predicted octanol–water partition coefficient (Wildman–Crippen LogP) is 10.7. The highest BCUT2D eigenvalue weighted by molar-refractivity contribution is 5.72. The molecule has 2 saturated carbocycles. The molecule has 0 bridgehead atoms. The standard InChI is InChI=1S/C40H70O5/c1-3-5-7-8-9-10-11-12-13-14-15-16-17-18-20-22-39(42)44-32-35(31-41)33-45-40(43)38-29-27-37(28-30-38)36-25-23-34(24-26-36)21-19-6-4-2/h9-10,12-13,34-38,41H,3-8,11,14-33H2,1-2H3/b10-9-,13-12-/t34-,35?,36-,37-,38-. The summed E-state index contributed by atoms with van der Waals surface area (Å²) in [6.07, 6.45) is 37.4. The summed E-state index contributed by atoms with van der Waals surface area (Å²) < 4.78 is 11.0. The van der Waals surface area contributed by atoms with E-state index in [4.69, 9.17) is 9.47 Å². The molecule has 0 aromatic carbocycles. The minimum absolute atomic E-state index is 0.0215. The third-order valence-electron chi connectivity index (χ3n) is 10.4. The van der Waals surface area contributed by atoms with Crippen molar-refractivity contribution < 1.29 is 24.2 Å². The summed E-state index contributed by atoms with van der Waals surface area (Å²) in [5.74, 6) is 1.83. The van der Waals surface area contributed by atoms with Crippen molar-refractivity contribution in [3.63, 3.8) is 0 Å². The van der Waals surface area contributed by atoms with Crippen LogP contribution < -0.4 is 0 Å². The molecule has 1 unspecified atom stereocenters. The van der Waals surface area contributed by atoms with Crippen LogP contribution in [0.4, 0.5) is 0 Å². The van der Waals surface area contributed by atoms with Gasteiger partial charge < -0.3 is 14.6 Å². The summed E-state index contributed by atoms with van der Waals surface area (Å²) in [4.78, 5) is 25.0. The van der Waals surface area contributed by atoms with Gasteiger partial charge in [-0.3, -0.25) is 9.59 Å². The maximum absolute atomic E-state index is 12.8. The van der Waals surface area contributed by atoms with E-state index in [1.807, 2.05) is 0 Å². The number of hydrogen-bond donors (Lipinski definition) is 1. The lowest BCUT2D eigenvalue weighted by atomic mass is 9.68. The van der Waals surface area contributed by atoms with Crippen LogP contribution in [0.5, 0.6) is 0 Å². The lowest BCUT2D eigenvalue weighted by molar-refractivity contribution is -0.154. The van der Waals surface area contributed by atoms with E-state index >= 15 is 0 Å². The zero-order valence-corrected chi connectivity index (χ0v) is 29.4. The highest BCUT2D eigenvalue weighted by Crippen LogP contribution is 2.42. The molecule has 45 heavy (non-hydrogen) atoms. The Balaban J connectivity index is 1.45. The quantitative estimate of drug-likeness (QED) is 0.0617. The third kappa shape index (κ3) is 19.0. The molecule has 0 amide bonds. The molecule has 0 aliphatic heterocycles. The number of rotatable bonds is 25. The van der Waals surface area contributed by atoms with Crippen LogP contribution in [0.25, 0.3) is 0 Å². The highest BCUT2D eigenvalue weighted by atomic mass is 16.5. The zero-order chi connectivity index (χ0) is 32.4. The van der Waals surface area contributed by atoms with Gasteiger partial charge in [0.05, 0.1) is 31.7 Å². The fourth-order valence-corrected chi connectivity index (χ4v) is 7.29. The van der Waals surface area contributed by atoms with E-state index in [9.17, 15) is 14.7 Å². The van der Waals surface area contributed by atoms with Crippen LogP contribution in [0.2, 0.25) is 0 Å². The first-order chi connectivity index (χ1) is 22.1. The van der Waals surface area contributed by atoms with Crippen LogP contribution in [0.15, 0.2) is 24.3 Å². The smallest absolute Gasteiger partial charge is 0.308 e. The number of aliphatic hydroxyl groups excluding tert-OH is 1. The van der Waals surface area contributed by atoms with Gasteiger partial charge in [-0.15, -0.1) is 0 Å². The molecule has 1 N–H and O–H groups in total. The fourth-order valence-electron chi connectivity index (χ4n) is 7.29. The van der Waals surface area contributed by atoms with E-state index in [-0.39, 0.29) is 43.6 Å². The lowest BCUT2D eigenvalue weighted by Crippen LogP contribution is -2.31. The Labute approximate surface area is 277 Å². The molecule has 0 aromatic heterocycles. The van der Waals surface area contributed by atoms with Crippen molar-refractivity contribution in [2.45, 2.75) is 168 Å². The number of carbonyl (C=O) groups excluding carboxylic acids is 2. The van der Waals surface area contributed by atoms with Crippen molar-refractivity contribution in [3.05, 3.63) is 24.3 Å². The van der Waals surface area contributed by atoms with Gasteiger partial charge in [-0.05, 0) is 94.8 Å². The van der Waals surface area contributed by atoms with Crippen LogP contribution >= 0.6 is 0 Å². The van der Waals surface area contributed by atoms with Gasteiger partial charge in [-0.25, -0.2) is 0 Å². The number of hydrogen-bond acceptors (Lipinski definition) is 5. The minimum Gasteiger partial charge on any atom is -0.465 e. The SMILES string of the molecule is CCCCC/C=C\C/C=C\CCCCCCCC(=O)OCC(CO)COC(=O)[C@H]1CC[C@H]([C@H]2CC[C@H](CCCCC)CC2)CC1. The first-order valence-electron chi connectivity index (χ1n) is 19.3. The van der Waals surface area contributed by atoms with Gasteiger partial charge in [0.2, 0.25) is 0 Å². The summed E-state index contributed by atoms with van der Waals surface area (Å²) >= 11 is 0. The van der Waals surface area contributed by atoms with Gasteiger partial charge in [-0.2, -0.15) is 0 Å². The Kier molecular flexibility index (Phi) is 23.3. The molecule has 2 aliphatic rings. The van der Waals surface area contributed by atoms with Crippen molar-refractivity contribution in [2.24, 2.45) is 29.6 Å². The van der Waals surface area contributed by atoms with Gasteiger partial charge >= 0.3 is 11.9 Å². The molecule has 0 heterocycles. The summed E-state index contributed by atoms with van der Waals surface area (Å²) in [6.45, 7) is 4.59. The predicted molar refractivity (Wildman–Crippen MR) is 187 cm³/mol. The monoisotopic (exact) mass is 631 g/mol. The molecule has 0 spiro atoms. The summed E-state index contributed by atoms with van der Waals surface area (Å²) in [5, 5.41) is 9.75. The van der Waals surface area contributed by atoms with E-state index < -0.39 is 0 Å². The molecule has 0 saturated heterocycles. The topological polar surface area (TPSA) is 72.8 Å². The second kappa shape index (κ2) is 26.4. The lowest BCUT2D eigenvalue weighted by Gasteiger charge is -2.37. The second-order valence-electron chi connectivity index (χ2n) is 14.2. The molecule has 5 nitrogen and oxygen atoms in total. The molecule has 260 valence electrons. The molecular formula is C40H70O5. The van der Waals surface area contributed by atoms with Crippen LogP contribution in [0.1, 0.15) is 168 Å². The molecule has 1 atom stereocenters. The molecule has 5 heteroatoms. The normalized spacial score (nSPS) is 23.0. The number of aliphatic hydroxyl groups is 1. The van der Waals surface area contributed by atoms with E-state index in [0.717, 1.165) is 75.5 Å². The van der Waals surface area contributed by atoms with E-state index in [0.29, 0.717) is 6.42 Å². The average Bonchev–Trinajstić information content (AvgIpc) is 3.07. The average molecular weight is 631 g/mol. The molecule has 2 fully saturated rings. The minimum atomic E-state index is -0.355. The van der Waals surface area contributed by atoms with Crippen molar-refractivity contribution in [2.75, 3.05) is 19.8 Å². The Bertz CT molecular complexity index is 789. The van der Waals surface area contributed by atoms with Crippen LogP contribution in [0.3, 0.4) is 0 Å². The van der Waals surface area contributed by atoms with Crippen molar-refractivity contribution in [1.82, 2.24) is 0 Å². The van der Waals surface area contributed by atoms with Crippen molar-refractivity contribution >= 4 is 11.9 Å². The first kappa shape index (κ1) is 39.6. The Morgan fingerprint density at radius 2 is 1.22 bits per heavy atom. The van der Waals surface area contributed by atoms with Crippen LogP contribution in [-0.2, 0) is 19.1 Å². The van der Waals surface area contributed by atoms with Gasteiger partial charge in [0.1, 0.15) is 0 Å². The van der Waals surface area contributed by atoms with Crippen LogP contribution in [-0.4, -0.2) is 36.9 Å². The largest absolute Gasteiger partial charge is 0.465 e. The summed E-state index contributed by atoms with van der Waals surface area (Å²) in [5.41, 5.74) is 0. The third-order valence-corrected chi connectivity index (χ3v) is 10.4. The van der Waals surface area contributed by atoms with Crippen molar-refractivity contribution in [1.29, 1.82) is 0 Å². The number of ether oxygens (including phenoxy) is 2. The number of esters is 2. The maximum atomic E-state index is 12.8. The molecular weight excluding hydrogens is 560 g/mol. The van der Waals surface area contributed by atoms with Gasteiger partial charge in [0.25, 0.3) is 0 Å². The van der Waals surface area contributed by atoms with E-state index in [1.165, 1.54) is 89.9 Å². The summed E-state index contributed by atoms with van der Waals surface area (Å²) in [6, 6.07) is 0. The number of carbonyl (C=O) groups is 2. The van der Waals surface area contributed by atoms with Gasteiger partial charge in [-0.1, -0.05) is 109 Å². The molecule has 0 aromatic rings. The molecule has 0 radical (unpaired) electrons.